The number of likely N-dealkylation sites (tertiary alicyclic amines) is 1. The molecule has 0 radical (unpaired) electrons. The molecule has 0 unspecified atom stereocenters. The molecule has 1 rings (SSSR count). The second-order valence-corrected chi connectivity index (χ2v) is 3.85. The minimum Gasteiger partial charge on any atom is -0.447 e. The summed E-state index contributed by atoms with van der Waals surface area (Å²) in [5, 5.41) is 8.74. The number of hydrogen-bond donors (Lipinski definition) is 0. The van der Waals surface area contributed by atoms with E-state index in [1.165, 1.54) is 0 Å². The van der Waals surface area contributed by atoms with E-state index in [1.54, 1.807) is 4.90 Å². The Hall–Kier alpha value is -1.24. The summed E-state index contributed by atoms with van der Waals surface area (Å²) in [5.41, 5.74) is 0. The van der Waals surface area contributed by atoms with Crippen LogP contribution in [-0.2, 0) is 4.74 Å². The van der Waals surface area contributed by atoms with Gasteiger partial charge in [0.05, 0.1) is 18.1 Å². The molecule has 1 heterocycles. The highest BCUT2D eigenvalue weighted by molar-refractivity contribution is 5.67. The average molecular weight is 196 g/mol. The summed E-state index contributed by atoms with van der Waals surface area (Å²) in [6.45, 7) is 4.87. The Kier molecular flexibility index (Phi) is 3.75. The van der Waals surface area contributed by atoms with Gasteiger partial charge in [-0.2, -0.15) is 5.26 Å². The van der Waals surface area contributed by atoms with Crippen LogP contribution in [0, 0.1) is 17.2 Å². The monoisotopic (exact) mass is 196 g/mol. The highest BCUT2D eigenvalue weighted by Gasteiger charge is 2.24. The average Bonchev–Trinajstić information content (AvgIpc) is 2.17. The molecule has 0 aromatic carbocycles. The number of rotatable bonds is 1. The zero-order valence-corrected chi connectivity index (χ0v) is 8.69. The molecule has 4 nitrogen and oxygen atoms in total. The number of ether oxygens (including phenoxy) is 1. The van der Waals surface area contributed by atoms with Crippen molar-refractivity contribution in [2.45, 2.75) is 32.8 Å². The molecule has 1 saturated heterocycles. The lowest BCUT2D eigenvalue weighted by molar-refractivity contribution is 0.0668. The zero-order chi connectivity index (χ0) is 10.6. The van der Waals surface area contributed by atoms with Crippen LogP contribution in [0.1, 0.15) is 26.7 Å². The molecule has 0 aromatic rings. The SMILES string of the molecule is CC(C)OC(=O)N1CCC[C@@H](C#N)C1. The van der Waals surface area contributed by atoms with Gasteiger partial charge < -0.3 is 9.64 Å². The maximum Gasteiger partial charge on any atom is 0.410 e. The largest absolute Gasteiger partial charge is 0.447 e. The van der Waals surface area contributed by atoms with Gasteiger partial charge in [0.15, 0.2) is 0 Å². The van der Waals surface area contributed by atoms with Gasteiger partial charge in [-0.05, 0) is 26.7 Å². The van der Waals surface area contributed by atoms with E-state index in [-0.39, 0.29) is 18.1 Å². The molecule has 0 aliphatic carbocycles. The van der Waals surface area contributed by atoms with Crippen LogP contribution in [0.2, 0.25) is 0 Å². The first-order valence-corrected chi connectivity index (χ1v) is 4.98. The molecule has 14 heavy (non-hydrogen) atoms. The van der Waals surface area contributed by atoms with Gasteiger partial charge in [0.1, 0.15) is 0 Å². The summed E-state index contributed by atoms with van der Waals surface area (Å²) < 4.78 is 5.06. The van der Waals surface area contributed by atoms with Crippen molar-refractivity contribution in [2.24, 2.45) is 5.92 Å². The van der Waals surface area contributed by atoms with E-state index in [4.69, 9.17) is 10.00 Å². The Bertz CT molecular complexity index is 245. The maximum atomic E-state index is 11.5. The number of carbonyl (C=O) groups is 1. The number of amides is 1. The van der Waals surface area contributed by atoms with Crippen LogP contribution in [0.3, 0.4) is 0 Å². The van der Waals surface area contributed by atoms with Crippen LogP contribution in [-0.4, -0.2) is 30.2 Å². The van der Waals surface area contributed by atoms with Crippen molar-refractivity contribution in [3.8, 4) is 6.07 Å². The van der Waals surface area contributed by atoms with Gasteiger partial charge in [-0.3, -0.25) is 0 Å². The van der Waals surface area contributed by atoms with Gasteiger partial charge in [0.2, 0.25) is 0 Å². The molecule has 1 fully saturated rings. The van der Waals surface area contributed by atoms with Crippen LogP contribution in [0.15, 0.2) is 0 Å². The Morgan fingerprint density at radius 3 is 2.93 bits per heavy atom. The van der Waals surface area contributed by atoms with Gasteiger partial charge >= 0.3 is 6.09 Å². The second kappa shape index (κ2) is 4.85. The van der Waals surface area contributed by atoms with E-state index in [1.807, 2.05) is 13.8 Å². The molecule has 0 N–H and O–H groups in total. The van der Waals surface area contributed by atoms with Crippen molar-refractivity contribution in [2.75, 3.05) is 13.1 Å². The van der Waals surface area contributed by atoms with E-state index in [0.717, 1.165) is 12.8 Å². The molecule has 0 aromatic heterocycles. The summed E-state index contributed by atoms with van der Waals surface area (Å²) >= 11 is 0. The maximum absolute atomic E-state index is 11.5. The van der Waals surface area contributed by atoms with E-state index in [9.17, 15) is 4.79 Å². The Balaban J connectivity index is 2.44. The molecule has 1 amide bonds. The summed E-state index contributed by atoms with van der Waals surface area (Å²) in [6.07, 6.45) is 1.40. The molecular formula is C10H16N2O2. The van der Waals surface area contributed by atoms with E-state index in [0.29, 0.717) is 13.1 Å². The first-order chi connectivity index (χ1) is 6.63. The predicted octanol–water partition coefficient (Wildman–Crippen LogP) is 1.77. The lowest BCUT2D eigenvalue weighted by Crippen LogP contribution is -2.40. The van der Waals surface area contributed by atoms with Crippen molar-refractivity contribution in [1.29, 1.82) is 5.26 Å². The summed E-state index contributed by atoms with van der Waals surface area (Å²) in [5.74, 6) is -0.0246. The lowest BCUT2D eigenvalue weighted by Gasteiger charge is -2.29. The standard InChI is InChI=1S/C10H16N2O2/c1-8(2)14-10(13)12-5-3-4-9(6-11)7-12/h8-9H,3-5,7H2,1-2H3/t9-/m0/s1. The third kappa shape index (κ3) is 2.91. The molecule has 4 heteroatoms. The first kappa shape index (κ1) is 10.8. The normalized spacial score (nSPS) is 21.9. The van der Waals surface area contributed by atoms with Gasteiger partial charge in [0, 0.05) is 13.1 Å². The summed E-state index contributed by atoms with van der Waals surface area (Å²) in [6, 6.07) is 2.19. The molecular weight excluding hydrogens is 180 g/mol. The zero-order valence-electron chi connectivity index (χ0n) is 8.69. The molecule has 1 atom stereocenters. The third-order valence-electron chi connectivity index (χ3n) is 2.20. The van der Waals surface area contributed by atoms with Crippen molar-refractivity contribution >= 4 is 6.09 Å². The Morgan fingerprint density at radius 1 is 1.64 bits per heavy atom. The predicted molar refractivity (Wildman–Crippen MR) is 51.5 cm³/mol. The van der Waals surface area contributed by atoms with Crippen LogP contribution in [0.4, 0.5) is 4.79 Å². The van der Waals surface area contributed by atoms with Crippen molar-refractivity contribution in [1.82, 2.24) is 4.90 Å². The smallest absolute Gasteiger partial charge is 0.410 e. The number of nitrogens with zero attached hydrogens (tertiary/aromatic N) is 2. The quantitative estimate of drug-likeness (QED) is 0.642. The highest BCUT2D eigenvalue weighted by Crippen LogP contribution is 2.16. The third-order valence-corrected chi connectivity index (χ3v) is 2.20. The van der Waals surface area contributed by atoms with Crippen molar-refractivity contribution in [3.63, 3.8) is 0 Å². The first-order valence-electron chi connectivity index (χ1n) is 4.98. The molecule has 78 valence electrons. The minimum absolute atomic E-state index is 0.0246. The molecule has 1 aliphatic rings. The van der Waals surface area contributed by atoms with Crippen LogP contribution in [0.25, 0.3) is 0 Å². The fraction of sp³-hybridized carbons (Fsp3) is 0.800. The fourth-order valence-corrected chi connectivity index (χ4v) is 1.52. The van der Waals surface area contributed by atoms with Crippen LogP contribution >= 0.6 is 0 Å². The van der Waals surface area contributed by atoms with Crippen LogP contribution < -0.4 is 0 Å². The Morgan fingerprint density at radius 2 is 2.36 bits per heavy atom. The second-order valence-electron chi connectivity index (χ2n) is 3.85. The number of nitriles is 1. The Labute approximate surface area is 84.4 Å². The van der Waals surface area contributed by atoms with Gasteiger partial charge in [-0.25, -0.2) is 4.79 Å². The van der Waals surface area contributed by atoms with Gasteiger partial charge in [-0.15, -0.1) is 0 Å². The number of hydrogen-bond acceptors (Lipinski definition) is 3. The van der Waals surface area contributed by atoms with Gasteiger partial charge in [-0.1, -0.05) is 0 Å². The molecule has 0 spiro atoms. The molecule has 0 saturated carbocycles. The van der Waals surface area contributed by atoms with E-state index in [2.05, 4.69) is 6.07 Å². The molecule has 1 aliphatic heterocycles. The number of carbonyl (C=O) groups excluding carboxylic acids is 1. The van der Waals surface area contributed by atoms with Crippen molar-refractivity contribution < 1.29 is 9.53 Å². The topological polar surface area (TPSA) is 53.3 Å². The summed E-state index contributed by atoms with van der Waals surface area (Å²) in [7, 11) is 0. The molecule has 0 bridgehead atoms. The van der Waals surface area contributed by atoms with E-state index < -0.39 is 0 Å². The highest BCUT2D eigenvalue weighted by atomic mass is 16.6. The lowest BCUT2D eigenvalue weighted by atomic mass is 10.0. The fourth-order valence-electron chi connectivity index (χ4n) is 1.52. The number of piperidine rings is 1. The minimum atomic E-state index is -0.292. The summed E-state index contributed by atoms with van der Waals surface area (Å²) in [4.78, 5) is 13.1. The van der Waals surface area contributed by atoms with Crippen molar-refractivity contribution in [3.05, 3.63) is 0 Å². The van der Waals surface area contributed by atoms with E-state index >= 15 is 0 Å². The van der Waals surface area contributed by atoms with Gasteiger partial charge in [0.25, 0.3) is 0 Å². The van der Waals surface area contributed by atoms with Crippen LogP contribution in [0.5, 0.6) is 0 Å².